The molecule has 8 heteroatoms. The Hall–Kier alpha value is -2.74. The van der Waals surface area contributed by atoms with Crippen LogP contribution in [0.1, 0.15) is 28.9 Å². The number of ether oxygens (including phenoxy) is 1. The second-order valence-corrected chi connectivity index (χ2v) is 6.05. The zero-order valence-electron chi connectivity index (χ0n) is 13.3. The van der Waals surface area contributed by atoms with E-state index in [0.717, 1.165) is 16.1 Å². The van der Waals surface area contributed by atoms with Crippen LogP contribution in [0.4, 0.5) is 5.69 Å². The van der Waals surface area contributed by atoms with Crippen molar-refractivity contribution >= 4 is 33.8 Å². The van der Waals surface area contributed by atoms with Gasteiger partial charge in [0.25, 0.3) is 11.6 Å². The molecule has 7 nitrogen and oxygen atoms in total. The molecule has 0 aliphatic rings. The van der Waals surface area contributed by atoms with Crippen molar-refractivity contribution in [2.45, 2.75) is 13.0 Å². The summed E-state index contributed by atoms with van der Waals surface area (Å²) in [6.45, 7) is 1.52. The summed E-state index contributed by atoms with van der Waals surface area (Å²) in [5.41, 5.74) is 0.710. The minimum Gasteiger partial charge on any atom is -0.483 e. The molecule has 0 aromatic heterocycles. The highest BCUT2D eigenvalue weighted by atomic mass is 79.9. The fourth-order valence-corrected chi connectivity index (χ4v) is 2.83. The van der Waals surface area contributed by atoms with Crippen molar-refractivity contribution in [1.82, 2.24) is 5.32 Å². The number of nitro groups is 1. The fourth-order valence-electron chi connectivity index (χ4n) is 2.20. The van der Waals surface area contributed by atoms with Gasteiger partial charge in [0.1, 0.15) is 5.75 Å². The standard InChI is InChI=1S/C17H15BrN2O5/c1-11(14-4-2-3-5-15(14)18)19-17(22)10-25-16-7-6-13(20(23)24)8-12(16)9-21/h2-9,11H,10H2,1H3,(H,19,22)/t11-/m1/s1. The Labute approximate surface area is 152 Å². The Morgan fingerprint density at radius 1 is 1.36 bits per heavy atom. The molecule has 0 saturated heterocycles. The van der Waals surface area contributed by atoms with Crippen LogP contribution >= 0.6 is 15.9 Å². The average molecular weight is 407 g/mol. The third-order valence-corrected chi connectivity index (χ3v) is 4.16. The first-order chi connectivity index (χ1) is 11.9. The Morgan fingerprint density at radius 3 is 2.72 bits per heavy atom. The molecule has 2 aromatic rings. The Kier molecular flexibility index (Phi) is 6.24. The number of carbonyl (C=O) groups is 2. The monoisotopic (exact) mass is 406 g/mol. The molecule has 0 fully saturated rings. The van der Waals surface area contributed by atoms with Gasteiger partial charge in [0.15, 0.2) is 12.9 Å². The number of nitrogens with zero attached hydrogens (tertiary/aromatic N) is 1. The SMILES string of the molecule is C[C@@H](NC(=O)COc1ccc([N+](=O)[O-])cc1C=O)c1ccccc1Br. The number of hydrogen-bond acceptors (Lipinski definition) is 5. The van der Waals surface area contributed by atoms with Crippen molar-refractivity contribution in [3.05, 3.63) is 68.2 Å². The van der Waals surface area contributed by atoms with Crippen LogP contribution in [0.3, 0.4) is 0 Å². The molecular weight excluding hydrogens is 392 g/mol. The molecule has 2 rings (SSSR count). The summed E-state index contributed by atoms with van der Waals surface area (Å²) in [6, 6.07) is 10.9. The fraction of sp³-hybridized carbons (Fsp3) is 0.176. The van der Waals surface area contributed by atoms with Gasteiger partial charge in [-0.05, 0) is 24.6 Å². The molecule has 1 atom stereocenters. The van der Waals surface area contributed by atoms with Gasteiger partial charge in [-0.3, -0.25) is 19.7 Å². The molecular formula is C17H15BrN2O5. The maximum atomic E-state index is 12.0. The lowest BCUT2D eigenvalue weighted by atomic mass is 10.1. The summed E-state index contributed by atoms with van der Waals surface area (Å²) in [5, 5.41) is 13.5. The summed E-state index contributed by atoms with van der Waals surface area (Å²) in [6.07, 6.45) is 0.448. The number of non-ortho nitro benzene ring substituents is 1. The molecule has 0 unspecified atom stereocenters. The van der Waals surface area contributed by atoms with Gasteiger partial charge in [-0.2, -0.15) is 0 Å². The van der Waals surface area contributed by atoms with Crippen LogP contribution in [-0.4, -0.2) is 23.7 Å². The van der Waals surface area contributed by atoms with Gasteiger partial charge in [0, 0.05) is 16.6 Å². The van der Waals surface area contributed by atoms with Crippen molar-refractivity contribution in [1.29, 1.82) is 0 Å². The number of nitrogens with one attached hydrogen (secondary N) is 1. The highest BCUT2D eigenvalue weighted by Crippen LogP contribution is 2.24. The zero-order valence-corrected chi connectivity index (χ0v) is 14.9. The highest BCUT2D eigenvalue weighted by molar-refractivity contribution is 9.10. The summed E-state index contributed by atoms with van der Waals surface area (Å²) >= 11 is 3.42. The minimum absolute atomic E-state index is 0.0147. The maximum Gasteiger partial charge on any atom is 0.270 e. The lowest BCUT2D eigenvalue weighted by Gasteiger charge is -2.16. The van der Waals surface area contributed by atoms with E-state index < -0.39 is 4.92 Å². The largest absolute Gasteiger partial charge is 0.483 e. The van der Waals surface area contributed by atoms with Crippen molar-refractivity contribution in [2.24, 2.45) is 0 Å². The van der Waals surface area contributed by atoms with E-state index in [2.05, 4.69) is 21.2 Å². The molecule has 0 aliphatic heterocycles. The number of amides is 1. The number of rotatable bonds is 7. The first-order valence-electron chi connectivity index (χ1n) is 7.32. The van der Waals surface area contributed by atoms with Gasteiger partial charge in [-0.1, -0.05) is 34.1 Å². The van der Waals surface area contributed by atoms with Crippen LogP contribution in [0.25, 0.3) is 0 Å². The molecule has 1 amide bonds. The third kappa shape index (κ3) is 4.87. The van der Waals surface area contributed by atoms with Gasteiger partial charge in [-0.15, -0.1) is 0 Å². The molecule has 0 heterocycles. The van der Waals surface area contributed by atoms with Crippen LogP contribution < -0.4 is 10.1 Å². The number of nitro benzene ring substituents is 1. The van der Waals surface area contributed by atoms with E-state index in [9.17, 15) is 19.7 Å². The molecule has 0 spiro atoms. The Morgan fingerprint density at radius 2 is 2.08 bits per heavy atom. The number of aldehydes is 1. The van der Waals surface area contributed by atoms with E-state index >= 15 is 0 Å². The second-order valence-electron chi connectivity index (χ2n) is 5.20. The first-order valence-corrected chi connectivity index (χ1v) is 8.12. The van der Waals surface area contributed by atoms with E-state index in [0.29, 0.717) is 6.29 Å². The normalized spacial score (nSPS) is 11.4. The third-order valence-electron chi connectivity index (χ3n) is 3.44. The van der Waals surface area contributed by atoms with Gasteiger partial charge in [-0.25, -0.2) is 0 Å². The zero-order chi connectivity index (χ0) is 18.4. The van der Waals surface area contributed by atoms with Gasteiger partial charge >= 0.3 is 0 Å². The number of benzene rings is 2. The topological polar surface area (TPSA) is 98.5 Å². The maximum absolute atomic E-state index is 12.0. The highest BCUT2D eigenvalue weighted by Gasteiger charge is 2.15. The van der Waals surface area contributed by atoms with Gasteiger partial charge < -0.3 is 10.1 Å². The van der Waals surface area contributed by atoms with E-state index in [4.69, 9.17) is 4.74 Å². The second kappa shape index (κ2) is 8.39. The van der Waals surface area contributed by atoms with Crippen LogP contribution in [0, 0.1) is 10.1 Å². The van der Waals surface area contributed by atoms with Gasteiger partial charge in [0.2, 0.25) is 0 Å². The number of hydrogen-bond donors (Lipinski definition) is 1. The van der Waals surface area contributed by atoms with Crippen LogP contribution in [0.15, 0.2) is 46.9 Å². The van der Waals surface area contributed by atoms with Crippen LogP contribution in [-0.2, 0) is 4.79 Å². The van der Waals surface area contributed by atoms with Crippen molar-refractivity contribution < 1.29 is 19.2 Å². The molecule has 0 radical (unpaired) electrons. The summed E-state index contributed by atoms with van der Waals surface area (Å²) in [5.74, 6) is -0.261. The quantitative estimate of drug-likeness (QED) is 0.431. The van der Waals surface area contributed by atoms with Crippen LogP contribution in [0.2, 0.25) is 0 Å². The predicted molar refractivity (Wildman–Crippen MR) is 94.7 cm³/mol. The summed E-state index contributed by atoms with van der Waals surface area (Å²) in [7, 11) is 0. The minimum atomic E-state index is -0.608. The lowest BCUT2D eigenvalue weighted by Crippen LogP contribution is -2.31. The summed E-state index contributed by atoms with van der Waals surface area (Å²) < 4.78 is 6.19. The summed E-state index contributed by atoms with van der Waals surface area (Å²) in [4.78, 5) is 33.2. The Bertz CT molecular complexity index is 809. The number of carbonyl (C=O) groups excluding carboxylic acids is 2. The molecule has 25 heavy (non-hydrogen) atoms. The number of halogens is 1. The molecule has 1 N–H and O–H groups in total. The first kappa shape index (κ1) is 18.6. The Balaban J connectivity index is 1.99. The lowest BCUT2D eigenvalue weighted by molar-refractivity contribution is -0.384. The molecule has 0 saturated carbocycles. The van der Waals surface area contributed by atoms with Crippen molar-refractivity contribution in [3.8, 4) is 5.75 Å². The van der Waals surface area contributed by atoms with E-state index in [1.165, 1.54) is 12.1 Å². The smallest absolute Gasteiger partial charge is 0.270 e. The molecule has 0 bridgehead atoms. The van der Waals surface area contributed by atoms with E-state index in [-0.39, 0.29) is 35.6 Å². The molecule has 0 aliphatic carbocycles. The van der Waals surface area contributed by atoms with Crippen molar-refractivity contribution in [2.75, 3.05) is 6.61 Å². The average Bonchev–Trinajstić information content (AvgIpc) is 2.59. The van der Waals surface area contributed by atoms with E-state index in [1.807, 2.05) is 31.2 Å². The van der Waals surface area contributed by atoms with Crippen molar-refractivity contribution in [3.63, 3.8) is 0 Å². The van der Waals surface area contributed by atoms with Gasteiger partial charge in [0.05, 0.1) is 16.5 Å². The predicted octanol–water partition coefficient (Wildman–Crippen LogP) is 3.43. The van der Waals surface area contributed by atoms with E-state index in [1.54, 1.807) is 0 Å². The van der Waals surface area contributed by atoms with Crippen LogP contribution in [0.5, 0.6) is 5.75 Å². The molecule has 130 valence electrons. The molecule has 2 aromatic carbocycles.